The number of likely N-dealkylation sites (N-methyl/N-ethyl adjacent to an activating group) is 1. The maximum absolute atomic E-state index is 13.3. The Morgan fingerprint density at radius 2 is 2.13 bits per heavy atom. The first kappa shape index (κ1) is 12.0. The summed E-state index contributed by atoms with van der Waals surface area (Å²) in [6.45, 7) is -0.0263. The van der Waals surface area contributed by atoms with Gasteiger partial charge in [-0.15, -0.1) is 0 Å². The Kier molecular flexibility index (Phi) is 4.14. The van der Waals surface area contributed by atoms with Gasteiger partial charge in [0, 0.05) is 12.1 Å². The molecule has 0 amide bonds. The van der Waals surface area contributed by atoms with Crippen molar-refractivity contribution in [2.75, 3.05) is 13.6 Å². The second-order valence-electron chi connectivity index (χ2n) is 3.24. The fraction of sp³-hybridized carbons (Fsp3) is 0.400. The molecule has 0 aliphatic carbocycles. The molecule has 0 fully saturated rings. The molecule has 0 aliphatic rings. The molecule has 3 nitrogen and oxygen atoms in total. The third-order valence-electron chi connectivity index (χ3n) is 2.23. The normalized spacial score (nSPS) is 15.0. The number of hydrogen-bond acceptors (Lipinski definition) is 3. The smallest absolute Gasteiger partial charge is 0.128 e. The minimum absolute atomic E-state index is 0.0263. The standard InChI is InChI=1S/C10H14F2N2O/c1-14-10(9(15)5-13)7-4-6(11)2-3-8(7)12/h2-4,9-10,14-15H,5,13H2,1H3. The van der Waals surface area contributed by atoms with Crippen LogP contribution in [0.4, 0.5) is 8.78 Å². The van der Waals surface area contributed by atoms with E-state index in [1.807, 2.05) is 0 Å². The van der Waals surface area contributed by atoms with Gasteiger partial charge in [0.2, 0.25) is 0 Å². The van der Waals surface area contributed by atoms with Crippen molar-refractivity contribution in [2.24, 2.45) is 5.73 Å². The molecule has 0 bridgehead atoms. The summed E-state index contributed by atoms with van der Waals surface area (Å²) < 4.78 is 26.2. The van der Waals surface area contributed by atoms with E-state index < -0.39 is 23.8 Å². The zero-order valence-electron chi connectivity index (χ0n) is 8.37. The predicted octanol–water partition coefficient (Wildman–Crippen LogP) is 0.545. The predicted molar refractivity (Wildman–Crippen MR) is 53.2 cm³/mol. The van der Waals surface area contributed by atoms with Gasteiger partial charge >= 0.3 is 0 Å². The van der Waals surface area contributed by atoms with Crippen LogP contribution in [0.5, 0.6) is 0 Å². The molecule has 0 saturated carbocycles. The largest absolute Gasteiger partial charge is 0.390 e. The first-order valence-corrected chi connectivity index (χ1v) is 4.60. The third-order valence-corrected chi connectivity index (χ3v) is 2.23. The highest BCUT2D eigenvalue weighted by molar-refractivity contribution is 5.23. The van der Waals surface area contributed by atoms with Crippen molar-refractivity contribution in [2.45, 2.75) is 12.1 Å². The second-order valence-corrected chi connectivity index (χ2v) is 3.24. The van der Waals surface area contributed by atoms with E-state index in [1.54, 1.807) is 7.05 Å². The van der Waals surface area contributed by atoms with E-state index in [2.05, 4.69) is 5.32 Å². The van der Waals surface area contributed by atoms with Crippen LogP contribution in [0.15, 0.2) is 18.2 Å². The zero-order chi connectivity index (χ0) is 11.4. The average Bonchev–Trinajstić information content (AvgIpc) is 2.23. The van der Waals surface area contributed by atoms with Crippen molar-refractivity contribution in [1.82, 2.24) is 5.32 Å². The van der Waals surface area contributed by atoms with Crippen LogP contribution < -0.4 is 11.1 Å². The fourth-order valence-corrected chi connectivity index (χ4v) is 1.44. The number of rotatable bonds is 4. The third kappa shape index (κ3) is 2.71. The van der Waals surface area contributed by atoms with Gasteiger partial charge in [0.15, 0.2) is 0 Å². The maximum Gasteiger partial charge on any atom is 0.128 e. The van der Waals surface area contributed by atoms with Crippen LogP contribution in [-0.2, 0) is 0 Å². The van der Waals surface area contributed by atoms with Gasteiger partial charge in [0.1, 0.15) is 11.6 Å². The number of aliphatic hydroxyl groups excluding tert-OH is 1. The van der Waals surface area contributed by atoms with E-state index >= 15 is 0 Å². The lowest BCUT2D eigenvalue weighted by Crippen LogP contribution is -2.35. The summed E-state index contributed by atoms with van der Waals surface area (Å²) in [5.41, 5.74) is 5.35. The highest BCUT2D eigenvalue weighted by Gasteiger charge is 2.21. The Morgan fingerprint density at radius 3 is 2.67 bits per heavy atom. The van der Waals surface area contributed by atoms with Gasteiger partial charge in [0.25, 0.3) is 0 Å². The molecule has 84 valence electrons. The minimum Gasteiger partial charge on any atom is -0.390 e. The molecule has 0 aliphatic heterocycles. The van der Waals surface area contributed by atoms with E-state index in [4.69, 9.17) is 5.73 Å². The molecule has 1 aromatic carbocycles. The zero-order valence-corrected chi connectivity index (χ0v) is 8.37. The number of hydrogen-bond donors (Lipinski definition) is 3. The van der Waals surface area contributed by atoms with Crippen LogP contribution >= 0.6 is 0 Å². The van der Waals surface area contributed by atoms with Crippen LogP contribution in [0.25, 0.3) is 0 Å². The summed E-state index contributed by atoms with van der Waals surface area (Å²) in [7, 11) is 1.55. The molecular weight excluding hydrogens is 202 g/mol. The van der Waals surface area contributed by atoms with E-state index in [9.17, 15) is 13.9 Å². The molecule has 0 radical (unpaired) electrons. The van der Waals surface area contributed by atoms with Gasteiger partial charge in [-0.3, -0.25) is 0 Å². The lowest BCUT2D eigenvalue weighted by atomic mass is 10.0. The molecule has 0 saturated heterocycles. The van der Waals surface area contributed by atoms with Gasteiger partial charge < -0.3 is 16.2 Å². The summed E-state index contributed by atoms with van der Waals surface area (Å²) in [6, 6.07) is 2.40. The molecule has 15 heavy (non-hydrogen) atoms. The Balaban J connectivity index is 3.05. The Labute approximate surface area is 86.9 Å². The Bertz CT molecular complexity index is 333. The SMILES string of the molecule is CNC(c1cc(F)ccc1F)C(O)CN. The van der Waals surface area contributed by atoms with Crippen molar-refractivity contribution in [3.8, 4) is 0 Å². The molecule has 5 heteroatoms. The van der Waals surface area contributed by atoms with Crippen molar-refractivity contribution < 1.29 is 13.9 Å². The summed E-state index contributed by atoms with van der Waals surface area (Å²) in [5, 5.41) is 12.2. The molecule has 0 spiro atoms. The van der Waals surface area contributed by atoms with Crippen LogP contribution in [0.1, 0.15) is 11.6 Å². The number of halogens is 2. The van der Waals surface area contributed by atoms with Crippen molar-refractivity contribution in [3.63, 3.8) is 0 Å². The van der Waals surface area contributed by atoms with Gasteiger partial charge in [-0.25, -0.2) is 8.78 Å². The van der Waals surface area contributed by atoms with E-state index in [1.165, 1.54) is 0 Å². The van der Waals surface area contributed by atoms with Gasteiger partial charge in [-0.05, 0) is 25.2 Å². The van der Waals surface area contributed by atoms with Crippen LogP contribution in [0.3, 0.4) is 0 Å². The quantitative estimate of drug-likeness (QED) is 0.688. The summed E-state index contributed by atoms with van der Waals surface area (Å²) in [5.74, 6) is -1.11. The van der Waals surface area contributed by atoms with Crippen molar-refractivity contribution >= 4 is 0 Å². The molecule has 2 atom stereocenters. The van der Waals surface area contributed by atoms with Crippen LogP contribution in [-0.4, -0.2) is 24.8 Å². The molecule has 1 rings (SSSR count). The molecule has 0 heterocycles. The van der Waals surface area contributed by atoms with Gasteiger partial charge in [-0.2, -0.15) is 0 Å². The highest BCUT2D eigenvalue weighted by Crippen LogP contribution is 2.20. The summed E-state index contributed by atoms with van der Waals surface area (Å²) in [4.78, 5) is 0. The number of nitrogens with one attached hydrogen (secondary N) is 1. The van der Waals surface area contributed by atoms with Crippen LogP contribution in [0.2, 0.25) is 0 Å². The number of nitrogens with two attached hydrogens (primary N) is 1. The molecule has 0 aromatic heterocycles. The first-order chi connectivity index (χ1) is 7.10. The highest BCUT2D eigenvalue weighted by atomic mass is 19.1. The fourth-order valence-electron chi connectivity index (χ4n) is 1.44. The molecular formula is C10H14F2N2O. The average molecular weight is 216 g/mol. The van der Waals surface area contributed by atoms with Gasteiger partial charge in [0.05, 0.1) is 12.1 Å². The number of aliphatic hydroxyl groups is 1. The number of benzene rings is 1. The second kappa shape index (κ2) is 5.16. The van der Waals surface area contributed by atoms with E-state index in [-0.39, 0.29) is 12.1 Å². The Hall–Kier alpha value is -1.04. The lowest BCUT2D eigenvalue weighted by molar-refractivity contribution is 0.137. The maximum atomic E-state index is 13.3. The van der Waals surface area contributed by atoms with E-state index in [0.29, 0.717) is 0 Å². The molecule has 2 unspecified atom stereocenters. The Morgan fingerprint density at radius 1 is 1.47 bits per heavy atom. The summed E-state index contributed by atoms with van der Waals surface area (Å²) >= 11 is 0. The molecule has 1 aromatic rings. The van der Waals surface area contributed by atoms with Crippen molar-refractivity contribution in [1.29, 1.82) is 0 Å². The topological polar surface area (TPSA) is 58.3 Å². The van der Waals surface area contributed by atoms with E-state index in [0.717, 1.165) is 18.2 Å². The lowest BCUT2D eigenvalue weighted by Gasteiger charge is -2.22. The van der Waals surface area contributed by atoms with Crippen LogP contribution in [0, 0.1) is 11.6 Å². The monoisotopic (exact) mass is 216 g/mol. The first-order valence-electron chi connectivity index (χ1n) is 4.60. The molecule has 4 N–H and O–H groups in total. The van der Waals surface area contributed by atoms with Crippen molar-refractivity contribution in [3.05, 3.63) is 35.4 Å². The minimum atomic E-state index is -0.953. The summed E-state index contributed by atoms with van der Waals surface area (Å²) in [6.07, 6.45) is -0.953. The van der Waals surface area contributed by atoms with Gasteiger partial charge in [-0.1, -0.05) is 0 Å².